The Morgan fingerprint density at radius 1 is 1.32 bits per heavy atom. The highest BCUT2D eigenvalue weighted by Crippen LogP contribution is 2.27. The van der Waals surface area contributed by atoms with E-state index in [0.29, 0.717) is 0 Å². The van der Waals surface area contributed by atoms with Crippen LogP contribution in [0, 0.1) is 38.0 Å². The molecule has 0 aliphatic rings. The van der Waals surface area contributed by atoms with Crippen LogP contribution in [0.25, 0.3) is 0 Å². The van der Waals surface area contributed by atoms with Gasteiger partial charge in [-0.25, -0.2) is 0 Å². The van der Waals surface area contributed by atoms with Crippen molar-refractivity contribution >= 4 is 0 Å². The van der Waals surface area contributed by atoms with Crippen LogP contribution in [-0.4, -0.2) is 13.7 Å². The summed E-state index contributed by atoms with van der Waals surface area (Å²) in [5.41, 5.74) is 5.01. The fraction of sp³-hybridized carbons (Fsp3) is 0.562. The van der Waals surface area contributed by atoms with Crippen LogP contribution in [0.5, 0.6) is 5.75 Å². The Morgan fingerprint density at radius 2 is 2.00 bits per heavy atom. The molecule has 0 saturated carbocycles. The van der Waals surface area contributed by atoms with Crippen LogP contribution in [0.15, 0.2) is 6.07 Å². The molecule has 1 aromatic carbocycles. The number of hydrogen-bond acceptors (Lipinski definition) is 3. The summed E-state index contributed by atoms with van der Waals surface area (Å²) in [6.07, 6.45) is 0.892. The zero-order chi connectivity index (χ0) is 14.4. The maximum absolute atomic E-state index is 8.94. The molecule has 0 radical (unpaired) electrons. The van der Waals surface area contributed by atoms with Crippen molar-refractivity contribution < 1.29 is 4.74 Å². The van der Waals surface area contributed by atoms with Gasteiger partial charge in [-0.15, -0.1) is 0 Å². The first-order chi connectivity index (χ1) is 9.04. The summed E-state index contributed by atoms with van der Waals surface area (Å²) in [7, 11) is 1.71. The molecular weight excluding hydrogens is 236 g/mol. The third-order valence-corrected chi connectivity index (χ3v) is 3.80. The first-order valence-electron chi connectivity index (χ1n) is 6.79. The molecule has 0 bridgehead atoms. The highest BCUT2D eigenvalue weighted by molar-refractivity contribution is 5.48. The van der Waals surface area contributed by atoms with E-state index in [1.165, 1.54) is 22.3 Å². The average molecular weight is 260 g/mol. The number of aryl methyl sites for hydroxylation is 1. The minimum atomic E-state index is 0.0972. The Bertz CT molecular complexity index is 475. The summed E-state index contributed by atoms with van der Waals surface area (Å²) in [6, 6.07) is 4.40. The normalized spacial score (nSPS) is 12.0. The Kier molecular flexibility index (Phi) is 5.85. The summed E-state index contributed by atoms with van der Waals surface area (Å²) in [5.74, 6) is 1.04. The predicted molar refractivity (Wildman–Crippen MR) is 78.3 cm³/mol. The number of benzene rings is 1. The van der Waals surface area contributed by atoms with Gasteiger partial charge >= 0.3 is 0 Å². The van der Waals surface area contributed by atoms with Crippen LogP contribution in [0.1, 0.15) is 35.6 Å². The molecule has 19 heavy (non-hydrogen) atoms. The molecule has 0 saturated heterocycles. The Morgan fingerprint density at radius 3 is 2.53 bits per heavy atom. The lowest BCUT2D eigenvalue weighted by Gasteiger charge is -2.17. The molecule has 0 spiro atoms. The molecule has 0 aliphatic heterocycles. The molecule has 1 atom stereocenters. The minimum absolute atomic E-state index is 0.0972. The van der Waals surface area contributed by atoms with Gasteiger partial charge in [0.15, 0.2) is 0 Å². The zero-order valence-corrected chi connectivity index (χ0v) is 12.6. The number of nitriles is 1. The second-order valence-corrected chi connectivity index (χ2v) is 4.99. The third kappa shape index (κ3) is 3.71. The number of hydrogen-bond donors (Lipinski definition) is 1. The van der Waals surface area contributed by atoms with Crippen molar-refractivity contribution in [3.63, 3.8) is 0 Å². The highest BCUT2D eigenvalue weighted by Gasteiger charge is 2.11. The third-order valence-electron chi connectivity index (χ3n) is 3.80. The van der Waals surface area contributed by atoms with Gasteiger partial charge in [-0.05, 0) is 55.5 Å². The molecule has 1 unspecified atom stereocenters. The standard InChI is InChI=1S/C16H24N2O/c1-6-14(8-17)9-18-10-15-11(2)7-16(19-5)13(4)12(15)3/h7,14,18H,6,9-10H2,1-5H3. The molecule has 0 aliphatic carbocycles. The molecule has 0 heterocycles. The van der Waals surface area contributed by atoms with Gasteiger partial charge in [-0.3, -0.25) is 0 Å². The van der Waals surface area contributed by atoms with Crippen LogP contribution in [0.2, 0.25) is 0 Å². The summed E-state index contributed by atoms with van der Waals surface area (Å²) >= 11 is 0. The summed E-state index contributed by atoms with van der Waals surface area (Å²) < 4.78 is 5.38. The topological polar surface area (TPSA) is 45.0 Å². The molecular formula is C16H24N2O. The second kappa shape index (κ2) is 7.16. The van der Waals surface area contributed by atoms with Gasteiger partial charge < -0.3 is 10.1 Å². The van der Waals surface area contributed by atoms with Gasteiger partial charge in [-0.2, -0.15) is 5.26 Å². The van der Waals surface area contributed by atoms with Gasteiger partial charge in [0.25, 0.3) is 0 Å². The van der Waals surface area contributed by atoms with Gasteiger partial charge in [0.2, 0.25) is 0 Å². The number of nitrogens with zero attached hydrogens (tertiary/aromatic N) is 1. The SMILES string of the molecule is CCC(C#N)CNCc1c(C)cc(OC)c(C)c1C. The first kappa shape index (κ1) is 15.5. The second-order valence-electron chi connectivity index (χ2n) is 4.99. The zero-order valence-electron chi connectivity index (χ0n) is 12.6. The van der Waals surface area contributed by atoms with Crippen molar-refractivity contribution in [2.75, 3.05) is 13.7 Å². The van der Waals surface area contributed by atoms with Crippen molar-refractivity contribution in [2.45, 2.75) is 40.7 Å². The van der Waals surface area contributed by atoms with Gasteiger partial charge in [0.05, 0.1) is 19.1 Å². The number of nitrogens with one attached hydrogen (secondary N) is 1. The molecule has 104 valence electrons. The number of ether oxygens (including phenoxy) is 1. The summed E-state index contributed by atoms with van der Waals surface area (Å²) in [6.45, 7) is 9.92. The minimum Gasteiger partial charge on any atom is -0.496 e. The quantitative estimate of drug-likeness (QED) is 0.854. The van der Waals surface area contributed by atoms with Crippen molar-refractivity contribution in [3.8, 4) is 11.8 Å². The largest absolute Gasteiger partial charge is 0.496 e. The van der Waals surface area contributed by atoms with Crippen LogP contribution >= 0.6 is 0 Å². The molecule has 0 amide bonds. The maximum Gasteiger partial charge on any atom is 0.122 e. The molecule has 1 aromatic rings. The Hall–Kier alpha value is -1.53. The molecule has 3 heteroatoms. The molecule has 1 rings (SSSR count). The van der Waals surface area contributed by atoms with E-state index >= 15 is 0 Å². The van der Waals surface area contributed by atoms with Crippen molar-refractivity contribution in [1.29, 1.82) is 5.26 Å². The lowest BCUT2D eigenvalue weighted by atomic mass is 9.97. The smallest absolute Gasteiger partial charge is 0.122 e. The molecule has 0 fully saturated rings. The maximum atomic E-state index is 8.94. The van der Waals surface area contributed by atoms with Crippen LogP contribution in [-0.2, 0) is 6.54 Å². The van der Waals surface area contributed by atoms with Crippen molar-refractivity contribution in [2.24, 2.45) is 5.92 Å². The van der Waals surface area contributed by atoms with E-state index in [0.717, 1.165) is 25.3 Å². The van der Waals surface area contributed by atoms with E-state index in [-0.39, 0.29) is 5.92 Å². The van der Waals surface area contributed by atoms with Gasteiger partial charge in [-0.1, -0.05) is 6.92 Å². The first-order valence-corrected chi connectivity index (χ1v) is 6.79. The lowest BCUT2D eigenvalue weighted by molar-refractivity contribution is 0.410. The van der Waals surface area contributed by atoms with E-state index in [4.69, 9.17) is 10.00 Å². The number of methoxy groups -OCH3 is 1. The highest BCUT2D eigenvalue weighted by atomic mass is 16.5. The van der Waals surface area contributed by atoms with Crippen LogP contribution < -0.4 is 10.1 Å². The van der Waals surface area contributed by atoms with E-state index in [9.17, 15) is 0 Å². The number of rotatable bonds is 6. The van der Waals surface area contributed by atoms with E-state index in [1.807, 2.05) is 6.92 Å². The van der Waals surface area contributed by atoms with Crippen molar-refractivity contribution in [3.05, 3.63) is 28.3 Å². The lowest BCUT2D eigenvalue weighted by Crippen LogP contribution is -2.22. The Labute approximate surface area is 116 Å². The van der Waals surface area contributed by atoms with E-state index < -0.39 is 0 Å². The predicted octanol–water partition coefficient (Wildman–Crippen LogP) is 3.26. The van der Waals surface area contributed by atoms with Crippen LogP contribution in [0.3, 0.4) is 0 Å². The summed E-state index contributed by atoms with van der Waals surface area (Å²) in [5, 5.41) is 12.3. The van der Waals surface area contributed by atoms with Crippen LogP contribution in [0.4, 0.5) is 0 Å². The average Bonchev–Trinajstić information content (AvgIpc) is 2.42. The van der Waals surface area contributed by atoms with E-state index in [1.54, 1.807) is 7.11 Å². The van der Waals surface area contributed by atoms with Gasteiger partial charge in [0.1, 0.15) is 5.75 Å². The molecule has 1 N–H and O–H groups in total. The van der Waals surface area contributed by atoms with Crippen molar-refractivity contribution in [1.82, 2.24) is 5.32 Å². The fourth-order valence-corrected chi connectivity index (χ4v) is 2.24. The molecule has 3 nitrogen and oxygen atoms in total. The van der Waals surface area contributed by atoms with Gasteiger partial charge in [0, 0.05) is 13.1 Å². The summed E-state index contributed by atoms with van der Waals surface area (Å²) in [4.78, 5) is 0. The monoisotopic (exact) mass is 260 g/mol. The fourth-order valence-electron chi connectivity index (χ4n) is 2.24. The molecule has 0 aromatic heterocycles. The van der Waals surface area contributed by atoms with E-state index in [2.05, 4.69) is 38.2 Å². The Balaban J connectivity index is 2.80.